The zero-order valence-electron chi connectivity index (χ0n) is 10.5. The number of nitrogens with one attached hydrogen (secondary N) is 1. The van der Waals surface area contributed by atoms with Crippen molar-refractivity contribution < 1.29 is 0 Å². The van der Waals surface area contributed by atoms with Crippen LogP contribution in [0.2, 0.25) is 0 Å². The first-order valence-corrected chi connectivity index (χ1v) is 6.53. The molecule has 3 nitrogen and oxygen atoms in total. The molecule has 0 radical (unpaired) electrons. The largest absolute Gasteiger partial charge is 0.319 e. The summed E-state index contributed by atoms with van der Waals surface area (Å²) >= 11 is 6.23. The molecule has 0 saturated carbocycles. The van der Waals surface area contributed by atoms with Crippen LogP contribution in [-0.2, 0) is 0 Å². The van der Waals surface area contributed by atoms with Gasteiger partial charge in [0.05, 0.1) is 16.1 Å². The van der Waals surface area contributed by atoms with Crippen LogP contribution in [-0.4, -0.2) is 9.97 Å². The lowest BCUT2D eigenvalue weighted by Gasteiger charge is -2.01. The second-order valence-corrected chi connectivity index (χ2v) is 4.74. The number of hydrogen-bond acceptors (Lipinski definition) is 2. The third kappa shape index (κ3) is 2.49. The summed E-state index contributed by atoms with van der Waals surface area (Å²) in [6.07, 6.45) is 1.73. The minimum absolute atomic E-state index is 0.231. The molecule has 1 heterocycles. The van der Waals surface area contributed by atoms with Gasteiger partial charge in [-0.25, -0.2) is 4.98 Å². The number of rotatable bonds is 2. The van der Waals surface area contributed by atoms with Crippen LogP contribution < -0.4 is 5.56 Å². The van der Waals surface area contributed by atoms with Crippen molar-refractivity contribution in [1.29, 1.82) is 0 Å². The predicted octanol–water partition coefficient (Wildman–Crippen LogP) is 3.66. The van der Waals surface area contributed by atoms with Crippen LogP contribution in [0, 0.1) is 0 Å². The molecule has 0 fully saturated rings. The van der Waals surface area contributed by atoms with Crippen molar-refractivity contribution in [2.75, 3.05) is 0 Å². The van der Waals surface area contributed by atoms with Crippen LogP contribution in [0.3, 0.4) is 0 Å². The molecule has 3 rings (SSSR count). The smallest absolute Gasteiger partial charge is 0.275 e. The fraction of sp³-hybridized carbons (Fsp3) is 0. The first-order valence-electron chi connectivity index (χ1n) is 6.16. The molecule has 0 aliphatic heterocycles. The Morgan fingerprint density at radius 3 is 2.55 bits per heavy atom. The molecule has 1 aromatic heterocycles. The summed E-state index contributed by atoms with van der Waals surface area (Å²) in [5, 5.41) is 0.322. The standard InChI is InChI=1S/C16H11ClN2O/c17-12(10-11-6-2-1-3-7-11)15-16(20)19-14-9-5-4-8-13(14)18-15/h1-10H,(H,19,20)/b12-10+. The Balaban J connectivity index is 2.12. The molecule has 3 aromatic rings. The fourth-order valence-corrected chi connectivity index (χ4v) is 2.21. The summed E-state index contributed by atoms with van der Waals surface area (Å²) in [7, 11) is 0. The van der Waals surface area contributed by atoms with E-state index in [9.17, 15) is 4.79 Å². The van der Waals surface area contributed by atoms with Gasteiger partial charge in [-0.2, -0.15) is 0 Å². The maximum absolute atomic E-state index is 12.0. The number of fused-ring (bicyclic) bond motifs is 1. The van der Waals surface area contributed by atoms with Crippen LogP contribution in [0.25, 0.3) is 22.1 Å². The van der Waals surface area contributed by atoms with Crippen molar-refractivity contribution >= 4 is 33.7 Å². The number of benzene rings is 2. The number of halogens is 1. The first kappa shape index (κ1) is 12.6. The summed E-state index contributed by atoms with van der Waals surface area (Å²) in [5.74, 6) is 0. The van der Waals surface area contributed by atoms with E-state index in [-0.39, 0.29) is 11.3 Å². The summed E-state index contributed by atoms with van der Waals surface area (Å²) < 4.78 is 0. The van der Waals surface area contributed by atoms with Gasteiger partial charge in [0, 0.05) is 0 Å². The summed E-state index contributed by atoms with van der Waals surface area (Å²) in [6, 6.07) is 16.9. The molecular formula is C16H11ClN2O. The Kier molecular flexibility index (Phi) is 3.35. The maximum atomic E-state index is 12.0. The van der Waals surface area contributed by atoms with Crippen LogP contribution in [0.15, 0.2) is 59.4 Å². The lowest BCUT2D eigenvalue weighted by atomic mass is 10.2. The van der Waals surface area contributed by atoms with E-state index in [0.717, 1.165) is 5.56 Å². The highest BCUT2D eigenvalue weighted by atomic mass is 35.5. The van der Waals surface area contributed by atoms with Crippen molar-refractivity contribution in [1.82, 2.24) is 9.97 Å². The quantitative estimate of drug-likeness (QED) is 0.780. The van der Waals surface area contributed by atoms with E-state index in [1.165, 1.54) is 0 Å². The van der Waals surface area contributed by atoms with E-state index in [1.807, 2.05) is 54.6 Å². The number of aromatic amines is 1. The monoisotopic (exact) mass is 282 g/mol. The van der Waals surface area contributed by atoms with E-state index < -0.39 is 0 Å². The number of H-pyrrole nitrogens is 1. The van der Waals surface area contributed by atoms with Gasteiger partial charge < -0.3 is 4.98 Å². The molecule has 20 heavy (non-hydrogen) atoms. The van der Waals surface area contributed by atoms with Gasteiger partial charge in [-0.15, -0.1) is 0 Å². The van der Waals surface area contributed by atoms with Gasteiger partial charge in [-0.3, -0.25) is 4.79 Å². The number of nitrogens with zero attached hydrogens (tertiary/aromatic N) is 1. The van der Waals surface area contributed by atoms with Gasteiger partial charge in [0.1, 0.15) is 5.69 Å². The molecule has 2 aromatic carbocycles. The van der Waals surface area contributed by atoms with E-state index in [0.29, 0.717) is 16.1 Å². The zero-order chi connectivity index (χ0) is 13.9. The Morgan fingerprint density at radius 2 is 1.75 bits per heavy atom. The number of aromatic nitrogens is 2. The van der Waals surface area contributed by atoms with E-state index in [2.05, 4.69) is 9.97 Å². The lowest BCUT2D eigenvalue weighted by molar-refractivity contribution is 1.19. The average molecular weight is 283 g/mol. The normalized spacial score (nSPS) is 11.8. The molecule has 98 valence electrons. The third-order valence-electron chi connectivity index (χ3n) is 2.92. The zero-order valence-corrected chi connectivity index (χ0v) is 11.3. The van der Waals surface area contributed by atoms with Crippen molar-refractivity contribution in [2.45, 2.75) is 0 Å². The predicted molar refractivity (Wildman–Crippen MR) is 82.5 cm³/mol. The third-order valence-corrected chi connectivity index (χ3v) is 3.21. The van der Waals surface area contributed by atoms with E-state index in [4.69, 9.17) is 11.6 Å². The van der Waals surface area contributed by atoms with Gasteiger partial charge in [0.15, 0.2) is 0 Å². The van der Waals surface area contributed by atoms with Gasteiger partial charge >= 0.3 is 0 Å². The SMILES string of the molecule is O=c1[nH]c2ccccc2nc1/C(Cl)=C\c1ccccc1. The highest BCUT2D eigenvalue weighted by molar-refractivity contribution is 6.51. The summed E-state index contributed by atoms with van der Waals surface area (Å²) in [5.41, 5.74) is 2.27. The molecular weight excluding hydrogens is 272 g/mol. The van der Waals surface area contributed by atoms with Crippen molar-refractivity contribution in [3.63, 3.8) is 0 Å². The van der Waals surface area contributed by atoms with E-state index in [1.54, 1.807) is 6.08 Å². The summed E-state index contributed by atoms with van der Waals surface area (Å²) in [6.45, 7) is 0. The van der Waals surface area contributed by atoms with Gasteiger partial charge in [0.25, 0.3) is 5.56 Å². The molecule has 0 amide bonds. The van der Waals surface area contributed by atoms with Gasteiger partial charge in [-0.05, 0) is 23.8 Å². The van der Waals surface area contributed by atoms with Crippen LogP contribution in [0.1, 0.15) is 11.3 Å². The fourth-order valence-electron chi connectivity index (χ4n) is 1.96. The minimum atomic E-state index is -0.291. The molecule has 0 aliphatic carbocycles. The molecule has 0 spiro atoms. The molecule has 0 unspecified atom stereocenters. The van der Waals surface area contributed by atoms with Crippen LogP contribution >= 0.6 is 11.6 Å². The second-order valence-electron chi connectivity index (χ2n) is 4.33. The molecule has 4 heteroatoms. The molecule has 0 aliphatic rings. The molecule has 1 N–H and O–H groups in total. The van der Waals surface area contributed by atoms with Crippen molar-refractivity contribution in [3.8, 4) is 0 Å². The number of hydrogen-bond donors (Lipinski definition) is 1. The number of para-hydroxylation sites is 2. The Bertz CT molecular complexity index is 838. The Labute approximate surface area is 120 Å². The van der Waals surface area contributed by atoms with Gasteiger partial charge in [-0.1, -0.05) is 54.1 Å². The van der Waals surface area contributed by atoms with Gasteiger partial charge in [0.2, 0.25) is 0 Å². The molecule has 0 atom stereocenters. The lowest BCUT2D eigenvalue weighted by Crippen LogP contribution is -2.13. The van der Waals surface area contributed by atoms with Crippen LogP contribution in [0.4, 0.5) is 0 Å². The average Bonchev–Trinajstić information content (AvgIpc) is 2.47. The highest BCUT2D eigenvalue weighted by Crippen LogP contribution is 2.19. The minimum Gasteiger partial charge on any atom is -0.319 e. The van der Waals surface area contributed by atoms with E-state index >= 15 is 0 Å². The van der Waals surface area contributed by atoms with Crippen LogP contribution in [0.5, 0.6) is 0 Å². The highest BCUT2D eigenvalue weighted by Gasteiger charge is 2.08. The topological polar surface area (TPSA) is 45.8 Å². The first-order chi connectivity index (χ1) is 9.74. The maximum Gasteiger partial charge on any atom is 0.275 e. The molecule has 0 bridgehead atoms. The molecule has 0 saturated heterocycles. The second kappa shape index (κ2) is 5.31. The van der Waals surface area contributed by atoms with Crippen molar-refractivity contribution in [3.05, 3.63) is 76.2 Å². The Hall–Kier alpha value is -2.39. The summed E-state index contributed by atoms with van der Waals surface area (Å²) in [4.78, 5) is 19.1. The Morgan fingerprint density at radius 1 is 1.05 bits per heavy atom. The van der Waals surface area contributed by atoms with Crippen molar-refractivity contribution in [2.24, 2.45) is 0 Å².